The molecule has 20 heavy (non-hydrogen) atoms. The molecule has 1 aliphatic carbocycles. The Morgan fingerprint density at radius 1 is 1.15 bits per heavy atom. The third-order valence-corrected chi connectivity index (χ3v) is 3.41. The lowest BCUT2D eigenvalue weighted by atomic mass is 9.91. The summed E-state index contributed by atoms with van der Waals surface area (Å²) in [5.74, 6) is 0. The number of hydrogen-bond donors (Lipinski definition) is 0. The van der Waals surface area contributed by atoms with Crippen LogP contribution in [0.25, 0.3) is 5.57 Å². The largest absolute Gasteiger partial charge is 0.416 e. The highest BCUT2D eigenvalue weighted by molar-refractivity contribution is 5.66. The number of halogens is 3. The van der Waals surface area contributed by atoms with E-state index in [4.69, 9.17) is 4.74 Å². The molecule has 110 valence electrons. The molecular weight excluding hydrogens is 265 g/mol. The van der Waals surface area contributed by atoms with Crippen molar-refractivity contribution in [1.82, 2.24) is 0 Å². The average Bonchev–Trinajstić information content (AvgIpc) is 2.38. The molecule has 0 amide bonds. The summed E-state index contributed by atoms with van der Waals surface area (Å²) < 4.78 is 43.3. The molecule has 0 heterocycles. The Bertz CT molecular complexity index is 471. The number of rotatable bonds is 3. The summed E-state index contributed by atoms with van der Waals surface area (Å²) >= 11 is 0. The van der Waals surface area contributed by atoms with Crippen LogP contribution < -0.4 is 0 Å². The second kappa shape index (κ2) is 6.00. The lowest BCUT2D eigenvalue weighted by Gasteiger charge is -2.24. The van der Waals surface area contributed by atoms with Gasteiger partial charge in [0.15, 0.2) is 0 Å². The van der Waals surface area contributed by atoms with Gasteiger partial charge in [-0.25, -0.2) is 0 Å². The fourth-order valence-corrected chi connectivity index (χ4v) is 2.45. The van der Waals surface area contributed by atoms with Crippen LogP contribution in [0, 0.1) is 0 Å². The molecule has 2 rings (SSSR count). The van der Waals surface area contributed by atoms with Crippen molar-refractivity contribution in [1.29, 1.82) is 0 Å². The van der Waals surface area contributed by atoms with Gasteiger partial charge in [0.05, 0.1) is 17.8 Å². The molecule has 0 aliphatic heterocycles. The van der Waals surface area contributed by atoms with E-state index in [1.54, 1.807) is 12.1 Å². The van der Waals surface area contributed by atoms with Gasteiger partial charge in [0.2, 0.25) is 0 Å². The second-order valence-electron chi connectivity index (χ2n) is 5.39. The van der Waals surface area contributed by atoms with E-state index in [2.05, 4.69) is 6.08 Å². The van der Waals surface area contributed by atoms with Crippen molar-refractivity contribution in [2.24, 2.45) is 0 Å². The van der Waals surface area contributed by atoms with Crippen LogP contribution in [0.3, 0.4) is 0 Å². The molecule has 0 bridgehead atoms. The summed E-state index contributed by atoms with van der Waals surface area (Å²) in [5.41, 5.74) is 1.39. The van der Waals surface area contributed by atoms with Crippen LogP contribution in [0.15, 0.2) is 30.3 Å². The SMILES string of the molecule is CC(C)OC1CC=C(c2ccc(C(F)(F)F)cc2)CC1. The molecule has 0 spiro atoms. The lowest BCUT2D eigenvalue weighted by molar-refractivity contribution is -0.137. The maximum absolute atomic E-state index is 12.5. The molecule has 0 N–H and O–H groups in total. The van der Waals surface area contributed by atoms with Crippen LogP contribution in [0.2, 0.25) is 0 Å². The molecule has 1 unspecified atom stereocenters. The van der Waals surface area contributed by atoms with Gasteiger partial charge in [0, 0.05) is 0 Å². The molecule has 0 saturated heterocycles. The highest BCUT2D eigenvalue weighted by atomic mass is 19.4. The topological polar surface area (TPSA) is 9.23 Å². The maximum atomic E-state index is 12.5. The van der Waals surface area contributed by atoms with E-state index in [1.165, 1.54) is 0 Å². The Kier molecular flexibility index (Phi) is 4.53. The molecule has 0 saturated carbocycles. The minimum absolute atomic E-state index is 0.209. The summed E-state index contributed by atoms with van der Waals surface area (Å²) in [6, 6.07) is 5.40. The van der Waals surface area contributed by atoms with Crippen molar-refractivity contribution in [3.63, 3.8) is 0 Å². The van der Waals surface area contributed by atoms with Gasteiger partial charge in [0.25, 0.3) is 0 Å². The summed E-state index contributed by atoms with van der Waals surface area (Å²) in [5, 5.41) is 0. The minimum Gasteiger partial charge on any atom is -0.375 e. The molecule has 0 aromatic heterocycles. The molecule has 0 fully saturated rings. The van der Waals surface area contributed by atoms with Crippen LogP contribution in [0.5, 0.6) is 0 Å². The molecule has 1 atom stereocenters. The van der Waals surface area contributed by atoms with Gasteiger partial charge in [-0.05, 0) is 56.4 Å². The zero-order valence-electron chi connectivity index (χ0n) is 11.7. The summed E-state index contributed by atoms with van der Waals surface area (Å²) in [6.45, 7) is 4.02. The zero-order valence-corrected chi connectivity index (χ0v) is 11.7. The van der Waals surface area contributed by atoms with Crippen LogP contribution in [-0.2, 0) is 10.9 Å². The van der Waals surface area contributed by atoms with Gasteiger partial charge >= 0.3 is 6.18 Å². The highest BCUT2D eigenvalue weighted by Gasteiger charge is 2.30. The van der Waals surface area contributed by atoms with Gasteiger partial charge in [-0.1, -0.05) is 18.2 Å². The first-order valence-electron chi connectivity index (χ1n) is 6.88. The number of allylic oxidation sites excluding steroid dienone is 1. The smallest absolute Gasteiger partial charge is 0.375 e. The van der Waals surface area contributed by atoms with Crippen molar-refractivity contribution < 1.29 is 17.9 Å². The van der Waals surface area contributed by atoms with Gasteiger partial charge in [-0.15, -0.1) is 0 Å². The van der Waals surface area contributed by atoms with E-state index in [1.807, 2.05) is 13.8 Å². The second-order valence-corrected chi connectivity index (χ2v) is 5.39. The Morgan fingerprint density at radius 2 is 1.80 bits per heavy atom. The molecule has 1 nitrogen and oxygen atoms in total. The van der Waals surface area contributed by atoms with E-state index < -0.39 is 11.7 Å². The van der Waals surface area contributed by atoms with Gasteiger partial charge in [-0.3, -0.25) is 0 Å². The summed E-state index contributed by atoms with van der Waals surface area (Å²) in [6.07, 6.45) is 0.853. The molecule has 0 radical (unpaired) electrons. The van der Waals surface area contributed by atoms with Crippen molar-refractivity contribution in [3.05, 3.63) is 41.5 Å². The van der Waals surface area contributed by atoms with Crippen molar-refractivity contribution in [3.8, 4) is 0 Å². The van der Waals surface area contributed by atoms with Gasteiger partial charge < -0.3 is 4.74 Å². The fourth-order valence-electron chi connectivity index (χ4n) is 2.45. The van der Waals surface area contributed by atoms with E-state index in [-0.39, 0.29) is 12.2 Å². The van der Waals surface area contributed by atoms with Crippen molar-refractivity contribution in [2.45, 2.75) is 51.5 Å². The van der Waals surface area contributed by atoms with Gasteiger partial charge in [0.1, 0.15) is 0 Å². The monoisotopic (exact) mass is 284 g/mol. The Hall–Kier alpha value is -1.29. The molecule has 1 aromatic carbocycles. The maximum Gasteiger partial charge on any atom is 0.416 e. The molecule has 1 aliphatic rings. The molecule has 4 heteroatoms. The number of alkyl halides is 3. The third kappa shape index (κ3) is 3.85. The Balaban J connectivity index is 2.04. The van der Waals surface area contributed by atoms with Gasteiger partial charge in [-0.2, -0.15) is 13.2 Å². The van der Waals surface area contributed by atoms with E-state index in [0.29, 0.717) is 0 Å². The first-order chi connectivity index (χ1) is 9.36. The first kappa shape index (κ1) is 15.1. The molecular formula is C16H19F3O. The van der Waals surface area contributed by atoms with Crippen LogP contribution in [-0.4, -0.2) is 12.2 Å². The standard InChI is InChI=1S/C16H19F3O/c1-11(2)20-15-9-5-13(6-10-15)12-3-7-14(8-4-12)16(17,18)19/h3-5,7-8,11,15H,6,9-10H2,1-2H3. The Labute approximate surface area is 117 Å². The highest BCUT2D eigenvalue weighted by Crippen LogP contribution is 2.32. The zero-order chi connectivity index (χ0) is 14.8. The molecule has 1 aromatic rings. The summed E-state index contributed by atoms with van der Waals surface area (Å²) in [7, 11) is 0. The number of benzene rings is 1. The quantitative estimate of drug-likeness (QED) is 0.753. The number of ether oxygens (including phenoxy) is 1. The normalized spacial score (nSPS) is 20.1. The minimum atomic E-state index is -4.27. The predicted octanol–water partition coefficient (Wildman–Crippen LogP) is 5.07. The number of hydrogen-bond acceptors (Lipinski definition) is 1. The van der Waals surface area contributed by atoms with Crippen LogP contribution >= 0.6 is 0 Å². The lowest BCUT2D eigenvalue weighted by Crippen LogP contribution is -2.19. The summed E-state index contributed by atoms with van der Waals surface area (Å²) in [4.78, 5) is 0. The predicted molar refractivity (Wildman–Crippen MR) is 73.3 cm³/mol. The first-order valence-corrected chi connectivity index (χ1v) is 6.88. The van der Waals surface area contributed by atoms with Crippen LogP contribution in [0.1, 0.15) is 44.2 Å². The van der Waals surface area contributed by atoms with Crippen molar-refractivity contribution in [2.75, 3.05) is 0 Å². The fraction of sp³-hybridized carbons (Fsp3) is 0.500. The Morgan fingerprint density at radius 3 is 2.25 bits per heavy atom. The van der Waals surface area contributed by atoms with Crippen molar-refractivity contribution >= 4 is 5.57 Å². The third-order valence-electron chi connectivity index (χ3n) is 3.41. The average molecular weight is 284 g/mol. The van der Waals surface area contributed by atoms with E-state index in [9.17, 15) is 13.2 Å². The van der Waals surface area contributed by atoms with E-state index in [0.717, 1.165) is 42.5 Å². The van der Waals surface area contributed by atoms with E-state index >= 15 is 0 Å². The van der Waals surface area contributed by atoms with Crippen LogP contribution in [0.4, 0.5) is 13.2 Å².